The van der Waals surface area contributed by atoms with Crippen molar-refractivity contribution in [1.29, 1.82) is 0 Å². The minimum atomic E-state index is 0.763. The Hall–Kier alpha value is -0.990. The summed E-state index contributed by atoms with van der Waals surface area (Å²) in [5, 5.41) is 5.16. The maximum Gasteiger partial charge on any atom is 0.137 e. The van der Waals surface area contributed by atoms with Crippen molar-refractivity contribution in [2.75, 3.05) is 6.54 Å². The molecular formula is C13H16ClNO. The molecule has 1 heterocycles. The van der Waals surface area contributed by atoms with Gasteiger partial charge in [-0.05, 0) is 43.7 Å². The molecule has 0 saturated carbocycles. The summed E-state index contributed by atoms with van der Waals surface area (Å²) in [5.41, 5.74) is 2.03. The molecular weight excluding hydrogens is 222 g/mol. The summed E-state index contributed by atoms with van der Waals surface area (Å²) in [5.74, 6) is 0.966. The summed E-state index contributed by atoms with van der Waals surface area (Å²) in [4.78, 5) is 0. The van der Waals surface area contributed by atoms with Gasteiger partial charge >= 0.3 is 0 Å². The highest BCUT2D eigenvalue weighted by atomic mass is 35.5. The summed E-state index contributed by atoms with van der Waals surface area (Å²) in [7, 11) is 0. The van der Waals surface area contributed by atoms with E-state index in [2.05, 4.69) is 18.3 Å². The Morgan fingerprint density at radius 3 is 2.88 bits per heavy atom. The van der Waals surface area contributed by atoms with E-state index in [1.807, 2.05) is 19.1 Å². The van der Waals surface area contributed by atoms with Gasteiger partial charge in [-0.2, -0.15) is 0 Å². The van der Waals surface area contributed by atoms with Gasteiger partial charge in [0.15, 0.2) is 0 Å². The van der Waals surface area contributed by atoms with Crippen LogP contribution in [-0.2, 0) is 6.54 Å². The summed E-state index contributed by atoms with van der Waals surface area (Å²) in [6, 6.07) is 5.92. The quantitative estimate of drug-likeness (QED) is 0.816. The Labute approximate surface area is 101 Å². The minimum Gasteiger partial charge on any atom is -0.459 e. The van der Waals surface area contributed by atoms with E-state index >= 15 is 0 Å². The van der Waals surface area contributed by atoms with Crippen molar-refractivity contribution in [3.8, 4) is 0 Å². The van der Waals surface area contributed by atoms with Crippen molar-refractivity contribution < 1.29 is 4.42 Å². The largest absolute Gasteiger partial charge is 0.459 e. The van der Waals surface area contributed by atoms with E-state index in [4.69, 9.17) is 16.0 Å². The summed E-state index contributed by atoms with van der Waals surface area (Å²) < 4.78 is 5.78. The minimum absolute atomic E-state index is 0.763. The number of furan rings is 1. The van der Waals surface area contributed by atoms with Gasteiger partial charge in [-0.25, -0.2) is 0 Å². The summed E-state index contributed by atoms with van der Waals surface area (Å²) in [6.07, 6.45) is 1.13. The molecule has 0 aliphatic rings. The second-order valence-corrected chi connectivity index (χ2v) is 4.47. The number of rotatable bonds is 4. The predicted molar refractivity (Wildman–Crippen MR) is 68.0 cm³/mol. The van der Waals surface area contributed by atoms with Crippen LogP contribution >= 0.6 is 11.6 Å². The highest BCUT2D eigenvalue weighted by Gasteiger charge is 2.06. The smallest absolute Gasteiger partial charge is 0.137 e. The summed E-state index contributed by atoms with van der Waals surface area (Å²) >= 11 is 6.00. The van der Waals surface area contributed by atoms with Gasteiger partial charge in [0.05, 0.1) is 6.54 Å². The van der Waals surface area contributed by atoms with Gasteiger partial charge in [-0.15, -0.1) is 0 Å². The van der Waals surface area contributed by atoms with Crippen LogP contribution in [0.3, 0.4) is 0 Å². The highest BCUT2D eigenvalue weighted by molar-refractivity contribution is 6.31. The molecule has 0 unspecified atom stereocenters. The maximum absolute atomic E-state index is 6.00. The third-order valence-corrected chi connectivity index (χ3v) is 2.76. The second-order valence-electron chi connectivity index (χ2n) is 4.03. The fraction of sp³-hybridized carbons (Fsp3) is 0.385. The van der Waals surface area contributed by atoms with Crippen molar-refractivity contribution >= 4 is 22.6 Å². The zero-order valence-electron chi connectivity index (χ0n) is 9.64. The number of fused-ring (bicyclic) bond motifs is 1. The van der Waals surface area contributed by atoms with Gasteiger partial charge < -0.3 is 9.73 Å². The van der Waals surface area contributed by atoms with E-state index in [1.165, 1.54) is 0 Å². The summed E-state index contributed by atoms with van der Waals surface area (Å²) in [6.45, 7) is 5.95. The Bertz CT molecular complexity index is 490. The molecule has 1 N–H and O–H groups in total. The average molecular weight is 238 g/mol. The van der Waals surface area contributed by atoms with Crippen LogP contribution < -0.4 is 5.32 Å². The molecule has 2 nitrogen and oxygen atoms in total. The first kappa shape index (κ1) is 11.5. The Morgan fingerprint density at radius 1 is 1.31 bits per heavy atom. The Balaban J connectivity index is 2.26. The lowest BCUT2D eigenvalue weighted by molar-refractivity contribution is 0.512. The number of benzene rings is 1. The van der Waals surface area contributed by atoms with Gasteiger partial charge in [-0.3, -0.25) is 0 Å². The molecule has 3 heteroatoms. The molecule has 1 aromatic heterocycles. The highest BCUT2D eigenvalue weighted by Crippen LogP contribution is 2.26. The van der Waals surface area contributed by atoms with Gasteiger partial charge in [0, 0.05) is 10.4 Å². The molecule has 0 aliphatic carbocycles. The zero-order chi connectivity index (χ0) is 11.5. The first-order valence-electron chi connectivity index (χ1n) is 5.60. The van der Waals surface area contributed by atoms with Gasteiger partial charge in [-0.1, -0.05) is 18.5 Å². The van der Waals surface area contributed by atoms with E-state index in [-0.39, 0.29) is 0 Å². The first-order chi connectivity index (χ1) is 7.70. The third kappa shape index (κ3) is 2.39. The molecule has 86 valence electrons. The van der Waals surface area contributed by atoms with Crippen LogP contribution in [0.2, 0.25) is 5.02 Å². The van der Waals surface area contributed by atoms with Crippen molar-refractivity contribution in [3.63, 3.8) is 0 Å². The Kier molecular flexibility index (Phi) is 3.52. The topological polar surface area (TPSA) is 25.2 Å². The molecule has 0 bridgehead atoms. The number of hydrogen-bond donors (Lipinski definition) is 1. The van der Waals surface area contributed by atoms with Crippen LogP contribution in [0, 0.1) is 6.92 Å². The molecule has 0 spiro atoms. The maximum atomic E-state index is 6.00. The van der Waals surface area contributed by atoms with Crippen molar-refractivity contribution in [3.05, 3.63) is 34.5 Å². The SMILES string of the molecule is CCCNCc1cc2cc(Cl)cc(C)c2o1. The van der Waals surface area contributed by atoms with Crippen LogP contribution in [0.15, 0.2) is 22.6 Å². The van der Waals surface area contributed by atoms with Crippen LogP contribution in [-0.4, -0.2) is 6.54 Å². The van der Waals surface area contributed by atoms with E-state index in [0.717, 1.165) is 46.8 Å². The zero-order valence-corrected chi connectivity index (χ0v) is 10.4. The molecule has 2 aromatic rings. The van der Waals surface area contributed by atoms with Crippen LogP contribution in [0.5, 0.6) is 0 Å². The van der Waals surface area contributed by atoms with E-state index < -0.39 is 0 Å². The van der Waals surface area contributed by atoms with Gasteiger partial charge in [0.1, 0.15) is 11.3 Å². The monoisotopic (exact) mass is 237 g/mol. The lowest BCUT2D eigenvalue weighted by Gasteiger charge is -1.98. The van der Waals surface area contributed by atoms with Crippen LogP contribution in [0.1, 0.15) is 24.7 Å². The molecule has 0 amide bonds. The fourth-order valence-electron chi connectivity index (χ4n) is 1.81. The molecule has 0 saturated heterocycles. The molecule has 0 fully saturated rings. The Morgan fingerprint density at radius 2 is 2.12 bits per heavy atom. The molecule has 0 aliphatic heterocycles. The second kappa shape index (κ2) is 4.89. The van der Waals surface area contributed by atoms with E-state index in [0.29, 0.717) is 0 Å². The van der Waals surface area contributed by atoms with Gasteiger partial charge in [0.25, 0.3) is 0 Å². The molecule has 1 aromatic carbocycles. The van der Waals surface area contributed by atoms with E-state index in [9.17, 15) is 0 Å². The molecule has 0 atom stereocenters. The fourth-order valence-corrected chi connectivity index (χ4v) is 2.09. The molecule has 16 heavy (non-hydrogen) atoms. The number of hydrogen-bond acceptors (Lipinski definition) is 2. The van der Waals surface area contributed by atoms with Crippen molar-refractivity contribution in [1.82, 2.24) is 5.32 Å². The average Bonchev–Trinajstić information content (AvgIpc) is 2.61. The number of aryl methyl sites for hydroxylation is 1. The normalized spacial score (nSPS) is 11.2. The number of halogens is 1. The standard InChI is InChI=1S/C13H16ClNO/c1-3-4-15-8-12-7-10-6-11(14)5-9(2)13(10)16-12/h5-7,15H,3-4,8H2,1-2H3. The van der Waals surface area contributed by atoms with Gasteiger partial charge in [0.2, 0.25) is 0 Å². The lowest BCUT2D eigenvalue weighted by atomic mass is 10.2. The van der Waals surface area contributed by atoms with Crippen molar-refractivity contribution in [2.24, 2.45) is 0 Å². The third-order valence-electron chi connectivity index (χ3n) is 2.54. The predicted octanol–water partition coefficient (Wildman–Crippen LogP) is 3.89. The van der Waals surface area contributed by atoms with Crippen LogP contribution in [0.4, 0.5) is 0 Å². The first-order valence-corrected chi connectivity index (χ1v) is 5.98. The van der Waals surface area contributed by atoms with Crippen molar-refractivity contribution in [2.45, 2.75) is 26.8 Å². The number of nitrogens with one attached hydrogen (secondary N) is 1. The molecule has 2 rings (SSSR count). The van der Waals surface area contributed by atoms with Crippen LogP contribution in [0.25, 0.3) is 11.0 Å². The molecule has 0 radical (unpaired) electrons. The van der Waals surface area contributed by atoms with E-state index in [1.54, 1.807) is 0 Å². The lowest BCUT2D eigenvalue weighted by Crippen LogP contribution is -2.12.